The third-order valence-electron chi connectivity index (χ3n) is 3.42. The molecule has 0 aliphatic carbocycles. The molecule has 1 aromatic carbocycles. The molecule has 1 aliphatic rings. The highest BCUT2D eigenvalue weighted by Crippen LogP contribution is 2.22. The second kappa shape index (κ2) is 5.54. The number of nitrogens with zero attached hydrogens (tertiary/aromatic N) is 1. The van der Waals surface area contributed by atoms with Crippen molar-refractivity contribution < 1.29 is 4.79 Å². The van der Waals surface area contributed by atoms with Gasteiger partial charge in [0.1, 0.15) is 0 Å². The van der Waals surface area contributed by atoms with Crippen LogP contribution in [0.4, 0.5) is 0 Å². The van der Waals surface area contributed by atoms with Gasteiger partial charge in [0.25, 0.3) is 0 Å². The highest BCUT2D eigenvalue weighted by molar-refractivity contribution is 6.21. The average Bonchev–Trinajstić information content (AvgIpc) is 2.34. The molecule has 0 saturated carbocycles. The smallest absolute Gasteiger partial charge is 0.227 e. The van der Waals surface area contributed by atoms with Crippen molar-refractivity contribution in [1.29, 1.82) is 0 Å². The van der Waals surface area contributed by atoms with E-state index in [-0.39, 0.29) is 11.3 Å². The first-order valence-corrected chi connectivity index (χ1v) is 6.56. The molecule has 2 unspecified atom stereocenters. The second-order valence-corrected chi connectivity index (χ2v) is 5.34. The van der Waals surface area contributed by atoms with E-state index >= 15 is 0 Å². The van der Waals surface area contributed by atoms with Crippen LogP contribution >= 0.6 is 11.6 Å². The SMILES string of the molecule is CC1CCN(C(=O)Cc2ccccc2)CC1Cl. The number of likely N-dealkylation sites (tertiary alicyclic amines) is 1. The molecule has 1 fully saturated rings. The molecule has 0 radical (unpaired) electrons. The number of carbonyl (C=O) groups excluding carboxylic acids is 1. The zero-order chi connectivity index (χ0) is 12.3. The number of rotatable bonds is 2. The molecular weight excluding hydrogens is 234 g/mol. The van der Waals surface area contributed by atoms with E-state index < -0.39 is 0 Å². The Morgan fingerprint density at radius 1 is 1.41 bits per heavy atom. The highest BCUT2D eigenvalue weighted by atomic mass is 35.5. The Balaban J connectivity index is 1.93. The molecule has 0 spiro atoms. The molecule has 1 aliphatic heterocycles. The van der Waals surface area contributed by atoms with E-state index in [2.05, 4.69) is 6.92 Å². The number of carbonyl (C=O) groups is 1. The van der Waals surface area contributed by atoms with Crippen LogP contribution in [0, 0.1) is 5.92 Å². The van der Waals surface area contributed by atoms with Crippen molar-refractivity contribution in [2.75, 3.05) is 13.1 Å². The van der Waals surface area contributed by atoms with Crippen LogP contribution in [0.3, 0.4) is 0 Å². The monoisotopic (exact) mass is 251 g/mol. The van der Waals surface area contributed by atoms with Crippen molar-refractivity contribution in [2.24, 2.45) is 5.92 Å². The third kappa shape index (κ3) is 3.22. The van der Waals surface area contributed by atoms with Gasteiger partial charge in [0, 0.05) is 13.1 Å². The van der Waals surface area contributed by atoms with Crippen LogP contribution in [0.5, 0.6) is 0 Å². The Labute approximate surface area is 108 Å². The van der Waals surface area contributed by atoms with Crippen molar-refractivity contribution in [3.8, 4) is 0 Å². The number of amides is 1. The molecule has 0 aromatic heterocycles. The van der Waals surface area contributed by atoms with Crippen molar-refractivity contribution >= 4 is 17.5 Å². The molecule has 17 heavy (non-hydrogen) atoms. The first-order valence-electron chi connectivity index (χ1n) is 6.12. The average molecular weight is 252 g/mol. The minimum Gasteiger partial charge on any atom is -0.341 e. The maximum Gasteiger partial charge on any atom is 0.227 e. The number of piperidine rings is 1. The summed E-state index contributed by atoms with van der Waals surface area (Å²) in [6.45, 7) is 3.68. The molecule has 2 atom stereocenters. The Hall–Kier alpha value is -1.02. The zero-order valence-electron chi connectivity index (χ0n) is 10.1. The van der Waals surface area contributed by atoms with Crippen LogP contribution in [-0.2, 0) is 11.2 Å². The van der Waals surface area contributed by atoms with Gasteiger partial charge in [-0.05, 0) is 17.9 Å². The molecule has 0 N–H and O–H groups in total. The molecule has 1 saturated heterocycles. The minimum atomic E-state index is 0.100. The first-order chi connectivity index (χ1) is 8.16. The number of alkyl halides is 1. The standard InChI is InChI=1S/C14H18ClNO/c1-11-7-8-16(10-13(11)15)14(17)9-12-5-3-2-4-6-12/h2-6,11,13H,7-10H2,1H3. The summed E-state index contributed by atoms with van der Waals surface area (Å²) in [5.74, 6) is 0.700. The van der Waals surface area contributed by atoms with Crippen LogP contribution in [0.1, 0.15) is 18.9 Å². The summed E-state index contributed by atoms with van der Waals surface area (Å²) in [5.41, 5.74) is 1.07. The van der Waals surface area contributed by atoms with Crippen molar-refractivity contribution in [1.82, 2.24) is 4.90 Å². The quantitative estimate of drug-likeness (QED) is 0.740. The predicted molar refractivity (Wildman–Crippen MR) is 70.1 cm³/mol. The number of hydrogen-bond donors (Lipinski definition) is 0. The molecule has 0 bridgehead atoms. The van der Waals surface area contributed by atoms with E-state index in [0.29, 0.717) is 18.9 Å². The number of hydrogen-bond acceptors (Lipinski definition) is 1. The van der Waals surface area contributed by atoms with Crippen molar-refractivity contribution in [3.05, 3.63) is 35.9 Å². The minimum absolute atomic E-state index is 0.100. The third-order valence-corrected chi connectivity index (χ3v) is 3.99. The molecule has 92 valence electrons. The lowest BCUT2D eigenvalue weighted by atomic mass is 9.98. The van der Waals surface area contributed by atoms with Crippen LogP contribution < -0.4 is 0 Å². The molecule has 1 heterocycles. The van der Waals surface area contributed by atoms with Gasteiger partial charge in [-0.15, -0.1) is 11.6 Å². The fourth-order valence-electron chi connectivity index (χ4n) is 2.13. The summed E-state index contributed by atoms with van der Waals surface area (Å²) in [6.07, 6.45) is 1.49. The van der Waals surface area contributed by atoms with Crippen molar-refractivity contribution in [3.63, 3.8) is 0 Å². The maximum atomic E-state index is 12.1. The Kier molecular flexibility index (Phi) is 4.06. The normalized spacial score (nSPS) is 24.7. The molecule has 2 nitrogen and oxygen atoms in total. The van der Waals surface area contributed by atoms with E-state index in [4.69, 9.17) is 11.6 Å². The van der Waals surface area contributed by atoms with Crippen LogP contribution in [0.15, 0.2) is 30.3 Å². The Bertz CT molecular complexity index is 379. The summed E-state index contributed by atoms with van der Waals surface area (Å²) >= 11 is 6.22. The topological polar surface area (TPSA) is 20.3 Å². The maximum absolute atomic E-state index is 12.1. The second-order valence-electron chi connectivity index (χ2n) is 4.78. The molecule has 1 aromatic rings. The molecule has 1 amide bonds. The van der Waals surface area contributed by atoms with E-state index in [1.165, 1.54) is 0 Å². The Morgan fingerprint density at radius 2 is 2.12 bits per heavy atom. The highest BCUT2D eigenvalue weighted by Gasteiger charge is 2.27. The van der Waals surface area contributed by atoms with Gasteiger partial charge >= 0.3 is 0 Å². The van der Waals surface area contributed by atoms with Crippen LogP contribution in [0.2, 0.25) is 0 Å². The molecule has 2 rings (SSSR count). The summed E-state index contributed by atoms with van der Waals surface area (Å²) in [4.78, 5) is 14.0. The Morgan fingerprint density at radius 3 is 2.76 bits per heavy atom. The van der Waals surface area contributed by atoms with E-state index in [9.17, 15) is 4.79 Å². The van der Waals surface area contributed by atoms with Gasteiger partial charge in [-0.2, -0.15) is 0 Å². The summed E-state index contributed by atoms with van der Waals surface area (Å²) in [5, 5.41) is 0.100. The molecule has 3 heteroatoms. The zero-order valence-corrected chi connectivity index (χ0v) is 10.9. The van der Waals surface area contributed by atoms with Gasteiger partial charge < -0.3 is 4.90 Å². The first kappa shape index (κ1) is 12.4. The fourth-order valence-corrected chi connectivity index (χ4v) is 2.42. The lowest BCUT2D eigenvalue weighted by molar-refractivity contribution is -0.131. The van der Waals surface area contributed by atoms with Gasteiger partial charge in [0.15, 0.2) is 0 Å². The van der Waals surface area contributed by atoms with E-state index in [1.54, 1.807) is 0 Å². The van der Waals surface area contributed by atoms with E-state index in [0.717, 1.165) is 18.5 Å². The van der Waals surface area contributed by atoms with Gasteiger partial charge in [-0.3, -0.25) is 4.79 Å². The van der Waals surface area contributed by atoms with Gasteiger partial charge in [-0.25, -0.2) is 0 Å². The molecular formula is C14H18ClNO. The van der Waals surface area contributed by atoms with Gasteiger partial charge in [0.05, 0.1) is 11.8 Å². The lowest BCUT2D eigenvalue weighted by Gasteiger charge is -2.34. The lowest BCUT2D eigenvalue weighted by Crippen LogP contribution is -2.44. The number of benzene rings is 1. The summed E-state index contributed by atoms with van der Waals surface area (Å²) in [7, 11) is 0. The van der Waals surface area contributed by atoms with Crippen LogP contribution in [-0.4, -0.2) is 29.3 Å². The van der Waals surface area contributed by atoms with E-state index in [1.807, 2.05) is 35.2 Å². The van der Waals surface area contributed by atoms with Crippen LogP contribution in [0.25, 0.3) is 0 Å². The van der Waals surface area contributed by atoms with Gasteiger partial charge in [-0.1, -0.05) is 37.3 Å². The summed E-state index contributed by atoms with van der Waals surface area (Å²) < 4.78 is 0. The summed E-state index contributed by atoms with van der Waals surface area (Å²) in [6, 6.07) is 9.87. The largest absolute Gasteiger partial charge is 0.341 e. The number of halogens is 1. The fraction of sp³-hybridized carbons (Fsp3) is 0.500. The van der Waals surface area contributed by atoms with Crippen molar-refractivity contribution in [2.45, 2.75) is 25.1 Å². The predicted octanol–water partition coefficient (Wildman–Crippen LogP) is 2.70. The van der Waals surface area contributed by atoms with Gasteiger partial charge in [0.2, 0.25) is 5.91 Å².